The Kier molecular flexibility index (Phi) is 2.57. The Hall–Kier alpha value is -1.46. The minimum Gasteiger partial charge on any atom is -0.492 e. The third kappa shape index (κ3) is 1.46. The first kappa shape index (κ1) is 10.7. The zero-order chi connectivity index (χ0) is 11.8. The van der Waals surface area contributed by atoms with Gasteiger partial charge in [-0.2, -0.15) is 0 Å². The largest absolute Gasteiger partial charge is 0.492 e. The average Bonchev–Trinajstić information content (AvgIpc) is 2.96. The average molecular weight is 237 g/mol. The van der Waals surface area contributed by atoms with Crippen molar-refractivity contribution in [1.29, 1.82) is 0 Å². The number of ether oxygens (including phenoxy) is 3. The minimum absolute atomic E-state index is 0.373. The highest BCUT2D eigenvalue weighted by atomic mass is 16.5. The van der Waals surface area contributed by atoms with Crippen LogP contribution in [0.3, 0.4) is 0 Å². The van der Waals surface area contributed by atoms with Crippen molar-refractivity contribution < 1.29 is 19.4 Å². The predicted octanol–water partition coefficient (Wildman–Crippen LogP) is 1.04. The van der Waals surface area contributed by atoms with Crippen molar-refractivity contribution in [3.63, 3.8) is 0 Å². The summed E-state index contributed by atoms with van der Waals surface area (Å²) in [6.07, 6.45) is 1.66. The Morgan fingerprint density at radius 1 is 1.18 bits per heavy atom. The van der Waals surface area contributed by atoms with Crippen molar-refractivity contribution in [3.8, 4) is 17.2 Å². The molecule has 0 saturated heterocycles. The lowest BCUT2D eigenvalue weighted by molar-refractivity contribution is 0.159. The smallest absolute Gasteiger partial charge is 0.168 e. The number of hydrogen-bond acceptors (Lipinski definition) is 5. The molecule has 0 radical (unpaired) electrons. The molecule has 2 heterocycles. The topological polar surface area (TPSA) is 60.0 Å². The van der Waals surface area contributed by atoms with Crippen LogP contribution in [0, 0.1) is 0 Å². The zero-order valence-corrected chi connectivity index (χ0v) is 9.71. The molecule has 0 aromatic heterocycles. The molecule has 1 aromatic carbocycles. The van der Waals surface area contributed by atoms with E-state index in [-0.39, 0.29) is 0 Å². The highest BCUT2D eigenvalue weighted by Gasteiger charge is 2.31. The summed E-state index contributed by atoms with van der Waals surface area (Å²) in [6.45, 7) is 1.69. The van der Waals surface area contributed by atoms with Crippen LogP contribution in [-0.4, -0.2) is 25.5 Å². The van der Waals surface area contributed by atoms with Crippen molar-refractivity contribution in [2.24, 2.45) is 0 Å². The molecule has 0 unspecified atom stereocenters. The molecule has 2 N–H and O–H groups in total. The van der Waals surface area contributed by atoms with Crippen LogP contribution in [0.5, 0.6) is 17.2 Å². The van der Waals surface area contributed by atoms with Crippen LogP contribution >= 0.6 is 0 Å². The van der Waals surface area contributed by atoms with Crippen molar-refractivity contribution in [2.45, 2.75) is 19.4 Å². The Balaban J connectivity index is 2.23. The highest BCUT2D eigenvalue weighted by Crippen LogP contribution is 2.48. The van der Waals surface area contributed by atoms with Crippen molar-refractivity contribution in [1.82, 2.24) is 5.48 Å². The summed E-state index contributed by atoms with van der Waals surface area (Å²) in [5, 5.41) is 8.93. The van der Waals surface area contributed by atoms with Gasteiger partial charge in [-0.25, -0.2) is 5.48 Å². The zero-order valence-electron chi connectivity index (χ0n) is 9.71. The number of fused-ring (bicyclic) bond motifs is 2. The van der Waals surface area contributed by atoms with Gasteiger partial charge in [0.2, 0.25) is 0 Å². The molecule has 5 heteroatoms. The van der Waals surface area contributed by atoms with Gasteiger partial charge in [-0.3, -0.25) is 0 Å². The molecule has 17 heavy (non-hydrogen) atoms. The number of benzene rings is 1. The third-order valence-electron chi connectivity index (χ3n) is 3.32. The standard InChI is InChI=1S/C12H15NO4/c1-15-11-8-3-5-16-10(8)9(6-13-14)7-2-4-17-12(7)11/h13-14H,2-6H2,1H3. The van der Waals surface area contributed by atoms with E-state index in [0.717, 1.165) is 46.8 Å². The summed E-state index contributed by atoms with van der Waals surface area (Å²) in [5.41, 5.74) is 5.34. The summed E-state index contributed by atoms with van der Waals surface area (Å²) in [7, 11) is 1.65. The summed E-state index contributed by atoms with van der Waals surface area (Å²) >= 11 is 0. The first-order valence-corrected chi connectivity index (χ1v) is 5.74. The van der Waals surface area contributed by atoms with Crippen LogP contribution in [0.1, 0.15) is 16.7 Å². The molecule has 5 nitrogen and oxygen atoms in total. The lowest BCUT2D eigenvalue weighted by Crippen LogP contribution is -2.10. The van der Waals surface area contributed by atoms with Crippen LogP contribution < -0.4 is 19.7 Å². The molecule has 0 aliphatic carbocycles. The van der Waals surface area contributed by atoms with Crippen LogP contribution in [0.15, 0.2) is 0 Å². The van der Waals surface area contributed by atoms with Gasteiger partial charge >= 0.3 is 0 Å². The van der Waals surface area contributed by atoms with Gasteiger partial charge in [-0.05, 0) is 0 Å². The van der Waals surface area contributed by atoms with Gasteiger partial charge in [-0.1, -0.05) is 0 Å². The molecule has 2 aliphatic rings. The molecule has 0 fully saturated rings. The summed E-state index contributed by atoms with van der Waals surface area (Å²) in [4.78, 5) is 0. The monoisotopic (exact) mass is 237 g/mol. The van der Waals surface area contributed by atoms with E-state index >= 15 is 0 Å². The molecule has 0 atom stereocenters. The number of hydroxylamine groups is 1. The molecule has 92 valence electrons. The fraction of sp³-hybridized carbons (Fsp3) is 0.500. The maximum atomic E-state index is 8.93. The molecular formula is C12H15NO4. The first-order chi connectivity index (χ1) is 8.36. The van der Waals surface area contributed by atoms with Crippen LogP contribution in [0.25, 0.3) is 0 Å². The Bertz CT molecular complexity index is 423. The third-order valence-corrected chi connectivity index (χ3v) is 3.32. The van der Waals surface area contributed by atoms with Gasteiger partial charge in [-0.15, -0.1) is 0 Å². The van der Waals surface area contributed by atoms with Gasteiger partial charge in [0.15, 0.2) is 11.5 Å². The van der Waals surface area contributed by atoms with Gasteiger partial charge in [0.1, 0.15) is 5.75 Å². The lowest BCUT2D eigenvalue weighted by Gasteiger charge is -2.16. The lowest BCUT2D eigenvalue weighted by atomic mass is 9.98. The van der Waals surface area contributed by atoms with Crippen LogP contribution in [-0.2, 0) is 19.4 Å². The second-order valence-corrected chi connectivity index (χ2v) is 4.16. The number of methoxy groups -OCH3 is 1. The second-order valence-electron chi connectivity index (χ2n) is 4.16. The Morgan fingerprint density at radius 2 is 1.88 bits per heavy atom. The highest BCUT2D eigenvalue weighted by molar-refractivity contribution is 5.65. The molecule has 0 spiro atoms. The number of hydrogen-bond donors (Lipinski definition) is 2. The van der Waals surface area contributed by atoms with Gasteiger partial charge in [0.05, 0.1) is 20.3 Å². The Labute approximate surface area is 99.2 Å². The van der Waals surface area contributed by atoms with Gasteiger partial charge in [0.25, 0.3) is 0 Å². The van der Waals surface area contributed by atoms with E-state index < -0.39 is 0 Å². The Morgan fingerprint density at radius 3 is 2.59 bits per heavy atom. The van der Waals surface area contributed by atoms with E-state index in [9.17, 15) is 0 Å². The maximum absolute atomic E-state index is 8.93. The molecule has 0 saturated carbocycles. The van der Waals surface area contributed by atoms with E-state index in [2.05, 4.69) is 5.48 Å². The molecule has 3 rings (SSSR count). The molecule has 1 aromatic rings. The first-order valence-electron chi connectivity index (χ1n) is 5.74. The van der Waals surface area contributed by atoms with Crippen molar-refractivity contribution in [3.05, 3.63) is 16.7 Å². The van der Waals surface area contributed by atoms with E-state index in [1.807, 2.05) is 0 Å². The molecule has 0 bridgehead atoms. The quantitative estimate of drug-likeness (QED) is 0.769. The molecule has 0 amide bonds. The normalized spacial score (nSPS) is 16.1. The SMILES string of the molecule is COc1c2c(c(CNO)c3c1OCC3)OCC2. The molecular weight excluding hydrogens is 222 g/mol. The van der Waals surface area contributed by atoms with E-state index in [1.165, 1.54) is 0 Å². The van der Waals surface area contributed by atoms with Gasteiger partial charge < -0.3 is 19.4 Å². The van der Waals surface area contributed by atoms with E-state index in [0.29, 0.717) is 19.8 Å². The van der Waals surface area contributed by atoms with E-state index in [1.54, 1.807) is 7.11 Å². The molecule has 2 aliphatic heterocycles. The summed E-state index contributed by atoms with van der Waals surface area (Å²) in [5.74, 6) is 2.47. The van der Waals surface area contributed by atoms with Gasteiger partial charge in [0, 0.05) is 36.1 Å². The second kappa shape index (κ2) is 4.09. The van der Waals surface area contributed by atoms with Crippen molar-refractivity contribution in [2.75, 3.05) is 20.3 Å². The number of nitrogens with one attached hydrogen (secondary N) is 1. The fourth-order valence-electron chi connectivity index (χ4n) is 2.64. The van der Waals surface area contributed by atoms with E-state index in [4.69, 9.17) is 19.4 Å². The maximum Gasteiger partial charge on any atom is 0.168 e. The minimum atomic E-state index is 0.373. The fourth-order valence-corrected chi connectivity index (χ4v) is 2.64. The van der Waals surface area contributed by atoms with Crippen LogP contribution in [0.2, 0.25) is 0 Å². The predicted molar refractivity (Wildman–Crippen MR) is 60.0 cm³/mol. The van der Waals surface area contributed by atoms with Crippen LogP contribution in [0.4, 0.5) is 0 Å². The summed E-state index contributed by atoms with van der Waals surface area (Å²) in [6, 6.07) is 0. The summed E-state index contributed by atoms with van der Waals surface area (Å²) < 4.78 is 16.8. The van der Waals surface area contributed by atoms with Crippen molar-refractivity contribution >= 4 is 0 Å². The number of rotatable bonds is 3.